The largest absolute Gasteiger partial charge is 0.324 e. The average molecular weight is 382 g/mol. The maximum atomic E-state index is 12.7. The standard InChI is InChI=1S/C22H27N3OS/c1-14(2)17-10-8-9-15(3)21(17)24-20(26)13-25(5)16(4)22-23-18-11-6-7-12-19(18)27-22/h6-12,14,16H,13H2,1-5H3,(H,24,26)/t16-/m1/s1. The Bertz CT molecular complexity index is 915. The lowest BCUT2D eigenvalue weighted by molar-refractivity contribution is -0.117. The number of anilines is 1. The van der Waals surface area contributed by atoms with Crippen LogP contribution in [0.2, 0.25) is 0 Å². The summed E-state index contributed by atoms with van der Waals surface area (Å²) in [6.07, 6.45) is 0. The van der Waals surface area contributed by atoms with Gasteiger partial charge in [-0.15, -0.1) is 11.3 Å². The van der Waals surface area contributed by atoms with Crippen molar-refractivity contribution in [2.45, 2.75) is 39.7 Å². The highest BCUT2D eigenvalue weighted by molar-refractivity contribution is 7.18. The van der Waals surface area contributed by atoms with E-state index in [0.29, 0.717) is 12.5 Å². The normalized spacial score (nSPS) is 12.7. The summed E-state index contributed by atoms with van der Waals surface area (Å²) in [5, 5.41) is 4.16. The number of likely N-dealkylation sites (N-methyl/N-ethyl adjacent to an activating group) is 1. The molecule has 5 heteroatoms. The zero-order valence-electron chi connectivity index (χ0n) is 16.6. The van der Waals surface area contributed by atoms with E-state index >= 15 is 0 Å². The van der Waals surface area contributed by atoms with Gasteiger partial charge in [0.05, 0.1) is 22.8 Å². The molecule has 0 aliphatic heterocycles. The Kier molecular flexibility index (Phi) is 5.92. The molecule has 0 aliphatic rings. The Labute approximate surface area is 165 Å². The van der Waals surface area contributed by atoms with E-state index in [1.807, 2.05) is 49.2 Å². The van der Waals surface area contributed by atoms with Crippen LogP contribution < -0.4 is 5.32 Å². The molecule has 1 amide bonds. The summed E-state index contributed by atoms with van der Waals surface area (Å²) in [7, 11) is 1.97. The third-order valence-electron chi connectivity index (χ3n) is 4.91. The number of thiazole rings is 1. The number of hydrogen-bond acceptors (Lipinski definition) is 4. The molecule has 0 bridgehead atoms. The van der Waals surface area contributed by atoms with E-state index in [1.54, 1.807) is 11.3 Å². The quantitative estimate of drug-likeness (QED) is 0.625. The van der Waals surface area contributed by atoms with Gasteiger partial charge in [0.2, 0.25) is 5.91 Å². The van der Waals surface area contributed by atoms with Gasteiger partial charge in [0.1, 0.15) is 5.01 Å². The van der Waals surface area contributed by atoms with Gasteiger partial charge in [-0.2, -0.15) is 0 Å². The molecular weight excluding hydrogens is 354 g/mol. The van der Waals surface area contributed by atoms with Crippen LogP contribution in [0.15, 0.2) is 42.5 Å². The van der Waals surface area contributed by atoms with E-state index < -0.39 is 0 Å². The zero-order valence-corrected chi connectivity index (χ0v) is 17.4. The van der Waals surface area contributed by atoms with Crippen LogP contribution in [0.5, 0.6) is 0 Å². The Balaban J connectivity index is 1.70. The first kappa shape index (κ1) is 19.5. The number of nitrogens with one attached hydrogen (secondary N) is 1. The van der Waals surface area contributed by atoms with Gasteiger partial charge >= 0.3 is 0 Å². The van der Waals surface area contributed by atoms with Gasteiger partial charge in [-0.05, 0) is 50.1 Å². The molecule has 0 unspecified atom stereocenters. The van der Waals surface area contributed by atoms with Gasteiger partial charge in [0.15, 0.2) is 0 Å². The topological polar surface area (TPSA) is 45.2 Å². The lowest BCUT2D eigenvalue weighted by Crippen LogP contribution is -2.32. The van der Waals surface area contributed by atoms with Gasteiger partial charge in [0.25, 0.3) is 0 Å². The first-order valence-corrected chi connectivity index (χ1v) is 10.1. The number of amides is 1. The van der Waals surface area contributed by atoms with Crippen molar-refractivity contribution in [1.82, 2.24) is 9.88 Å². The van der Waals surface area contributed by atoms with E-state index in [2.05, 4.69) is 38.2 Å². The van der Waals surface area contributed by atoms with Crippen LogP contribution in [0.4, 0.5) is 5.69 Å². The van der Waals surface area contributed by atoms with E-state index in [1.165, 1.54) is 10.3 Å². The molecule has 1 N–H and O–H groups in total. The van der Waals surface area contributed by atoms with E-state index in [0.717, 1.165) is 21.8 Å². The van der Waals surface area contributed by atoms with Crippen LogP contribution in [0.3, 0.4) is 0 Å². The van der Waals surface area contributed by atoms with Crippen molar-refractivity contribution in [2.24, 2.45) is 0 Å². The molecule has 0 fully saturated rings. The Morgan fingerprint density at radius 2 is 1.89 bits per heavy atom. The number of aromatic nitrogens is 1. The maximum Gasteiger partial charge on any atom is 0.238 e. The molecule has 1 aromatic heterocycles. The summed E-state index contributed by atoms with van der Waals surface area (Å²) in [6, 6.07) is 14.4. The van der Waals surface area contributed by atoms with Gasteiger partial charge in [-0.3, -0.25) is 9.69 Å². The molecule has 0 aliphatic carbocycles. The molecule has 3 rings (SSSR count). The van der Waals surface area contributed by atoms with Crippen molar-refractivity contribution in [3.8, 4) is 0 Å². The van der Waals surface area contributed by atoms with Gasteiger partial charge in [-0.1, -0.05) is 44.2 Å². The van der Waals surface area contributed by atoms with Crippen molar-refractivity contribution in [2.75, 3.05) is 18.9 Å². The molecule has 1 heterocycles. The van der Waals surface area contributed by atoms with Crippen LogP contribution in [-0.4, -0.2) is 29.4 Å². The number of carbonyl (C=O) groups is 1. The minimum absolute atomic E-state index is 0.00154. The average Bonchev–Trinajstić information content (AvgIpc) is 3.06. The fraction of sp³-hybridized carbons (Fsp3) is 0.364. The molecular formula is C22H27N3OS. The van der Waals surface area contributed by atoms with Crippen LogP contribution >= 0.6 is 11.3 Å². The SMILES string of the molecule is Cc1cccc(C(C)C)c1NC(=O)CN(C)[C@H](C)c1nc2ccccc2s1. The molecule has 4 nitrogen and oxygen atoms in total. The number of aryl methyl sites for hydroxylation is 1. The fourth-order valence-electron chi connectivity index (χ4n) is 3.14. The van der Waals surface area contributed by atoms with Crippen LogP contribution in [0.25, 0.3) is 10.2 Å². The second-order valence-corrected chi connectivity index (χ2v) is 8.42. The van der Waals surface area contributed by atoms with Crippen molar-refractivity contribution in [3.63, 3.8) is 0 Å². The molecule has 3 aromatic rings. The van der Waals surface area contributed by atoms with Gasteiger partial charge in [0, 0.05) is 5.69 Å². The van der Waals surface area contributed by atoms with Crippen molar-refractivity contribution in [3.05, 3.63) is 58.6 Å². The highest BCUT2D eigenvalue weighted by Gasteiger charge is 2.19. The van der Waals surface area contributed by atoms with Crippen LogP contribution in [-0.2, 0) is 4.79 Å². The number of para-hydroxylation sites is 2. The first-order chi connectivity index (χ1) is 12.9. The summed E-state index contributed by atoms with van der Waals surface area (Å²) in [5.74, 6) is 0.362. The molecule has 142 valence electrons. The Morgan fingerprint density at radius 1 is 1.15 bits per heavy atom. The third-order valence-corrected chi connectivity index (χ3v) is 6.12. The van der Waals surface area contributed by atoms with E-state index in [4.69, 9.17) is 4.98 Å². The Morgan fingerprint density at radius 3 is 2.59 bits per heavy atom. The monoisotopic (exact) mass is 381 g/mol. The fourth-order valence-corrected chi connectivity index (χ4v) is 4.23. The number of hydrogen-bond donors (Lipinski definition) is 1. The smallest absolute Gasteiger partial charge is 0.238 e. The summed E-state index contributed by atoms with van der Waals surface area (Å²) in [4.78, 5) is 19.5. The minimum Gasteiger partial charge on any atom is -0.324 e. The zero-order chi connectivity index (χ0) is 19.6. The molecule has 0 radical (unpaired) electrons. The molecule has 0 spiro atoms. The first-order valence-electron chi connectivity index (χ1n) is 9.32. The number of rotatable bonds is 6. The predicted octanol–water partition coefficient (Wildman–Crippen LogP) is 5.36. The minimum atomic E-state index is 0.00154. The molecule has 27 heavy (non-hydrogen) atoms. The van der Waals surface area contributed by atoms with Crippen molar-refractivity contribution < 1.29 is 4.79 Å². The van der Waals surface area contributed by atoms with Crippen LogP contribution in [0.1, 0.15) is 48.9 Å². The number of carbonyl (C=O) groups excluding carboxylic acids is 1. The van der Waals surface area contributed by atoms with Crippen LogP contribution in [0, 0.1) is 6.92 Å². The number of nitrogens with zero attached hydrogens (tertiary/aromatic N) is 2. The maximum absolute atomic E-state index is 12.7. The van der Waals surface area contributed by atoms with Crippen molar-refractivity contribution in [1.29, 1.82) is 0 Å². The van der Waals surface area contributed by atoms with Gasteiger partial charge < -0.3 is 5.32 Å². The predicted molar refractivity (Wildman–Crippen MR) is 115 cm³/mol. The lowest BCUT2D eigenvalue weighted by Gasteiger charge is -2.23. The summed E-state index contributed by atoms with van der Waals surface area (Å²) in [5.41, 5.74) is 4.23. The van der Waals surface area contributed by atoms with E-state index in [9.17, 15) is 4.79 Å². The highest BCUT2D eigenvalue weighted by atomic mass is 32.1. The highest BCUT2D eigenvalue weighted by Crippen LogP contribution is 2.29. The summed E-state index contributed by atoms with van der Waals surface area (Å²) in [6.45, 7) is 8.74. The second kappa shape index (κ2) is 8.19. The number of fused-ring (bicyclic) bond motifs is 1. The van der Waals surface area contributed by atoms with Gasteiger partial charge in [-0.25, -0.2) is 4.98 Å². The third kappa shape index (κ3) is 4.37. The Hall–Kier alpha value is -2.24. The molecule has 2 aromatic carbocycles. The van der Waals surface area contributed by atoms with Crippen molar-refractivity contribution >= 4 is 33.1 Å². The molecule has 0 saturated carbocycles. The second-order valence-electron chi connectivity index (χ2n) is 7.35. The summed E-state index contributed by atoms with van der Waals surface area (Å²) < 4.78 is 1.18. The molecule has 1 atom stereocenters. The number of benzene rings is 2. The molecule has 0 saturated heterocycles. The summed E-state index contributed by atoms with van der Waals surface area (Å²) >= 11 is 1.69. The lowest BCUT2D eigenvalue weighted by atomic mass is 9.98. The van der Waals surface area contributed by atoms with E-state index in [-0.39, 0.29) is 11.9 Å².